The predicted octanol–water partition coefficient (Wildman–Crippen LogP) is 3.25. The largest absolute Gasteiger partial charge is 0.491 e. The van der Waals surface area contributed by atoms with Crippen LogP contribution in [0.5, 0.6) is 5.75 Å². The first-order chi connectivity index (χ1) is 15.0. The monoisotopic (exact) mass is 446 g/mol. The number of aliphatic hydroxyl groups excluding tert-OH is 1. The van der Waals surface area contributed by atoms with E-state index in [1.165, 1.54) is 12.8 Å². The van der Waals surface area contributed by atoms with Crippen LogP contribution in [-0.2, 0) is 4.74 Å². The quantitative estimate of drug-likeness (QED) is 0.612. The van der Waals surface area contributed by atoms with Gasteiger partial charge in [-0.1, -0.05) is 11.6 Å². The molecule has 31 heavy (non-hydrogen) atoms. The summed E-state index contributed by atoms with van der Waals surface area (Å²) in [7, 11) is 3.90. The molecule has 1 saturated heterocycles. The third kappa shape index (κ3) is 5.86. The molecule has 1 saturated carbocycles. The van der Waals surface area contributed by atoms with Crippen LogP contribution >= 0.6 is 11.6 Å². The minimum Gasteiger partial charge on any atom is -0.491 e. The average molecular weight is 447 g/mol. The summed E-state index contributed by atoms with van der Waals surface area (Å²) in [6, 6.07) is 8.05. The van der Waals surface area contributed by atoms with Crippen molar-refractivity contribution in [2.75, 3.05) is 45.4 Å². The number of hydrogen-bond acceptors (Lipinski definition) is 7. The molecule has 1 aliphatic carbocycles. The van der Waals surface area contributed by atoms with E-state index in [1.54, 1.807) is 13.1 Å². The summed E-state index contributed by atoms with van der Waals surface area (Å²) in [5.41, 5.74) is 1.90. The lowest BCUT2D eigenvalue weighted by Crippen LogP contribution is -2.37. The van der Waals surface area contributed by atoms with E-state index in [9.17, 15) is 5.11 Å². The Balaban J connectivity index is 1.61. The van der Waals surface area contributed by atoms with Crippen molar-refractivity contribution in [3.63, 3.8) is 0 Å². The molecule has 8 heteroatoms. The van der Waals surface area contributed by atoms with Crippen molar-refractivity contribution in [1.29, 1.82) is 0 Å². The summed E-state index contributed by atoms with van der Waals surface area (Å²) in [6.07, 6.45) is 3.74. The Morgan fingerprint density at radius 1 is 1.19 bits per heavy atom. The highest BCUT2D eigenvalue weighted by atomic mass is 35.5. The molecular weight excluding hydrogens is 416 g/mol. The molecule has 2 heterocycles. The maximum Gasteiger partial charge on any atom is 0.161 e. The van der Waals surface area contributed by atoms with Crippen molar-refractivity contribution in [3.8, 4) is 17.1 Å². The van der Waals surface area contributed by atoms with Gasteiger partial charge in [-0.3, -0.25) is 0 Å². The number of halogens is 1. The lowest BCUT2D eigenvalue weighted by Gasteiger charge is -2.32. The third-order valence-electron chi connectivity index (χ3n) is 5.84. The number of ether oxygens (including phenoxy) is 2. The molecule has 7 nitrogen and oxygen atoms in total. The van der Waals surface area contributed by atoms with Crippen LogP contribution in [0.2, 0.25) is 5.02 Å². The standard InChI is InChI=1S/C23H31ClN4O3/c1-25-13-19(29)14-31-20-10-16(9-17(24)11-20)23-26-21(15-3-4-15)12-22(27-23)28(2)18-5-7-30-8-6-18/h9-12,15,18-19,25,29H,3-8,13-14H2,1-2H3. The predicted molar refractivity (Wildman–Crippen MR) is 122 cm³/mol. The van der Waals surface area contributed by atoms with Gasteiger partial charge in [0.25, 0.3) is 0 Å². The first-order valence-corrected chi connectivity index (χ1v) is 11.4. The van der Waals surface area contributed by atoms with Crippen molar-refractivity contribution in [1.82, 2.24) is 15.3 Å². The molecule has 2 N–H and O–H groups in total. The zero-order chi connectivity index (χ0) is 21.8. The molecule has 2 fully saturated rings. The highest BCUT2D eigenvalue weighted by Crippen LogP contribution is 2.41. The number of nitrogens with zero attached hydrogens (tertiary/aromatic N) is 3. The highest BCUT2D eigenvalue weighted by Gasteiger charge is 2.28. The van der Waals surface area contributed by atoms with Crippen molar-refractivity contribution >= 4 is 17.4 Å². The maximum absolute atomic E-state index is 9.93. The van der Waals surface area contributed by atoms with Crippen LogP contribution in [0.1, 0.15) is 37.3 Å². The number of anilines is 1. The molecule has 0 radical (unpaired) electrons. The molecule has 0 amide bonds. The van der Waals surface area contributed by atoms with Gasteiger partial charge >= 0.3 is 0 Å². The molecular formula is C23H31ClN4O3. The van der Waals surface area contributed by atoms with Gasteiger partial charge in [0.1, 0.15) is 24.3 Å². The van der Waals surface area contributed by atoms with Crippen LogP contribution in [0, 0.1) is 0 Å². The zero-order valence-electron chi connectivity index (χ0n) is 18.2. The van der Waals surface area contributed by atoms with Gasteiger partial charge in [0.2, 0.25) is 0 Å². The average Bonchev–Trinajstić information content (AvgIpc) is 3.63. The maximum atomic E-state index is 9.93. The Kier molecular flexibility index (Phi) is 7.27. The summed E-state index contributed by atoms with van der Waals surface area (Å²) < 4.78 is 11.3. The van der Waals surface area contributed by atoms with Gasteiger partial charge in [0.05, 0.1) is 0 Å². The number of rotatable bonds is 9. The second-order valence-corrected chi connectivity index (χ2v) is 8.84. The van der Waals surface area contributed by atoms with E-state index in [1.807, 2.05) is 12.1 Å². The molecule has 0 spiro atoms. The first-order valence-electron chi connectivity index (χ1n) is 11.0. The van der Waals surface area contributed by atoms with Gasteiger partial charge in [-0.2, -0.15) is 0 Å². The van der Waals surface area contributed by atoms with Crippen LogP contribution < -0.4 is 15.0 Å². The van der Waals surface area contributed by atoms with E-state index in [2.05, 4.69) is 23.3 Å². The van der Waals surface area contributed by atoms with Crippen LogP contribution in [0.3, 0.4) is 0 Å². The van der Waals surface area contributed by atoms with Crippen molar-refractivity contribution in [2.24, 2.45) is 0 Å². The Bertz CT molecular complexity index is 887. The second-order valence-electron chi connectivity index (χ2n) is 8.40. The lowest BCUT2D eigenvalue weighted by atomic mass is 10.1. The highest BCUT2D eigenvalue weighted by molar-refractivity contribution is 6.31. The minimum absolute atomic E-state index is 0.182. The van der Waals surface area contributed by atoms with E-state index in [0.717, 1.165) is 43.1 Å². The van der Waals surface area contributed by atoms with Crippen LogP contribution in [0.25, 0.3) is 11.4 Å². The molecule has 4 rings (SSSR count). The summed E-state index contributed by atoms with van der Waals surface area (Å²) in [6.45, 7) is 2.22. The molecule has 1 aromatic heterocycles. The number of nitrogens with one attached hydrogen (secondary N) is 1. The topological polar surface area (TPSA) is 79.7 Å². The molecule has 0 bridgehead atoms. The number of hydrogen-bond donors (Lipinski definition) is 2. The van der Waals surface area contributed by atoms with Gasteiger partial charge < -0.3 is 24.8 Å². The van der Waals surface area contributed by atoms with Gasteiger partial charge in [-0.05, 0) is 50.9 Å². The SMILES string of the molecule is CNCC(O)COc1cc(Cl)cc(-c2nc(C3CC3)cc(N(C)C3CCOCC3)n2)c1. The summed E-state index contributed by atoms with van der Waals surface area (Å²) in [4.78, 5) is 12.0. The fourth-order valence-electron chi connectivity index (χ4n) is 3.87. The van der Waals surface area contributed by atoms with Crippen molar-refractivity contribution < 1.29 is 14.6 Å². The number of aliphatic hydroxyl groups is 1. The molecule has 1 unspecified atom stereocenters. The second kappa shape index (κ2) is 10.1. The van der Waals surface area contributed by atoms with Gasteiger partial charge in [-0.15, -0.1) is 0 Å². The first kappa shape index (κ1) is 22.3. The molecule has 1 atom stereocenters. The van der Waals surface area contributed by atoms with Gasteiger partial charge in [-0.25, -0.2) is 9.97 Å². The van der Waals surface area contributed by atoms with Crippen molar-refractivity contribution in [3.05, 3.63) is 35.0 Å². The van der Waals surface area contributed by atoms with E-state index in [-0.39, 0.29) is 6.61 Å². The normalized spacial score (nSPS) is 18.1. The van der Waals surface area contributed by atoms with Gasteiger partial charge in [0, 0.05) is 61.1 Å². The van der Waals surface area contributed by atoms with Gasteiger partial charge in [0.15, 0.2) is 5.82 Å². The number of aromatic nitrogens is 2. The lowest BCUT2D eigenvalue weighted by molar-refractivity contribution is 0.0853. The molecule has 168 valence electrons. The molecule has 2 aromatic rings. The summed E-state index contributed by atoms with van der Waals surface area (Å²) in [5, 5.41) is 13.4. The molecule has 1 aromatic carbocycles. The smallest absolute Gasteiger partial charge is 0.161 e. The zero-order valence-corrected chi connectivity index (χ0v) is 18.9. The minimum atomic E-state index is -0.596. The fourth-order valence-corrected chi connectivity index (χ4v) is 4.10. The Labute approximate surface area is 188 Å². The van der Waals surface area contributed by atoms with Crippen LogP contribution in [-0.4, -0.2) is 67.7 Å². The Hall–Kier alpha value is -1.93. The van der Waals surface area contributed by atoms with Crippen LogP contribution in [0.4, 0.5) is 5.82 Å². The van der Waals surface area contributed by atoms with E-state index < -0.39 is 6.10 Å². The van der Waals surface area contributed by atoms with E-state index >= 15 is 0 Å². The van der Waals surface area contributed by atoms with E-state index in [0.29, 0.717) is 35.1 Å². The fraction of sp³-hybridized carbons (Fsp3) is 0.565. The molecule has 1 aliphatic heterocycles. The molecule has 2 aliphatic rings. The summed E-state index contributed by atoms with van der Waals surface area (Å²) in [5.74, 6) is 2.69. The van der Waals surface area contributed by atoms with Crippen molar-refractivity contribution in [2.45, 2.75) is 43.7 Å². The Morgan fingerprint density at radius 3 is 2.68 bits per heavy atom. The third-order valence-corrected chi connectivity index (χ3v) is 6.06. The van der Waals surface area contributed by atoms with Crippen LogP contribution in [0.15, 0.2) is 24.3 Å². The van der Waals surface area contributed by atoms with E-state index in [4.69, 9.17) is 31.0 Å². The number of likely N-dealkylation sites (N-methyl/N-ethyl adjacent to an activating group) is 1. The Morgan fingerprint density at radius 2 is 1.97 bits per heavy atom. The summed E-state index contributed by atoms with van der Waals surface area (Å²) >= 11 is 6.38. The number of benzene rings is 1.